The third-order valence-corrected chi connectivity index (χ3v) is 5.47. The number of amides is 1. The van der Waals surface area contributed by atoms with E-state index in [1.165, 1.54) is 11.3 Å². The van der Waals surface area contributed by atoms with Crippen LogP contribution in [0.1, 0.15) is 41.8 Å². The number of rotatable bonds is 6. The van der Waals surface area contributed by atoms with E-state index in [2.05, 4.69) is 5.32 Å². The SMILES string of the molecule is O=C(CCCC1CCOCC1)Nc1ccc2sc(C(=O)O)cc2c1. The molecule has 1 saturated heterocycles. The van der Waals surface area contributed by atoms with Crippen LogP contribution in [0, 0.1) is 5.92 Å². The van der Waals surface area contributed by atoms with Gasteiger partial charge in [0, 0.05) is 30.0 Å². The van der Waals surface area contributed by atoms with Crippen LogP contribution in [0.25, 0.3) is 10.1 Å². The Bertz CT molecular complexity index is 734. The molecule has 1 aliphatic rings. The molecule has 1 fully saturated rings. The zero-order valence-corrected chi connectivity index (χ0v) is 14.2. The summed E-state index contributed by atoms with van der Waals surface area (Å²) in [4.78, 5) is 23.4. The van der Waals surface area contributed by atoms with E-state index in [-0.39, 0.29) is 5.91 Å². The summed E-state index contributed by atoms with van der Waals surface area (Å²) >= 11 is 1.24. The summed E-state index contributed by atoms with van der Waals surface area (Å²) < 4.78 is 6.25. The molecule has 0 radical (unpaired) electrons. The van der Waals surface area contributed by atoms with Crippen molar-refractivity contribution in [3.63, 3.8) is 0 Å². The molecular weight excluding hydrogens is 326 g/mol. The number of ether oxygens (including phenoxy) is 1. The highest BCUT2D eigenvalue weighted by Crippen LogP contribution is 2.28. The molecule has 6 heteroatoms. The summed E-state index contributed by atoms with van der Waals surface area (Å²) in [5.41, 5.74) is 0.716. The maximum Gasteiger partial charge on any atom is 0.345 e. The van der Waals surface area contributed by atoms with Crippen LogP contribution in [0.15, 0.2) is 24.3 Å². The molecule has 5 nitrogen and oxygen atoms in total. The molecule has 0 atom stereocenters. The summed E-state index contributed by atoms with van der Waals surface area (Å²) in [5.74, 6) is -0.229. The largest absolute Gasteiger partial charge is 0.477 e. The smallest absolute Gasteiger partial charge is 0.345 e. The van der Waals surface area contributed by atoms with E-state index in [9.17, 15) is 9.59 Å². The van der Waals surface area contributed by atoms with Gasteiger partial charge in [-0.1, -0.05) is 0 Å². The Balaban J connectivity index is 1.52. The van der Waals surface area contributed by atoms with Crippen molar-refractivity contribution in [2.75, 3.05) is 18.5 Å². The topological polar surface area (TPSA) is 75.6 Å². The average molecular weight is 347 g/mol. The second kappa shape index (κ2) is 7.77. The molecule has 1 aromatic carbocycles. The summed E-state index contributed by atoms with van der Waals surface area (Å²) in [5, 5.41) is 12.8. The van der Waals surface area contributed by atoms with Crippen molar-refractivity contribution in [2.24, 2.45) is 5.92 Å². The van der Waals surface area contributed by atoms with E-state index in [0.717, 1.165) is 49.0 Å². The van der Waals surface area contributed by atoms with Gasteiger partial charge in [-0.25, -0.2) is 4.79 Å². The monoisotopic (exact) mass is 347 g/mol. The van der Waals surface area contributed by atoms with Crippen molar-refractivity contribution in [2.45, 2.75) is 32.1 Å². The summed E-state index contributed by atoms with van der Waals surface area (Å²) in [6, 6.07) is 7.14. The predicted octanol–water partition coefficient (Wildman–Crippen LogP) is 4.13. The van der Waals surface area contributed by atoms with Crippen LogP contribution in [-0.4, -0.2) is 30.2 Å². The lowest BCUT2D eigenvalue weighted by atomic mass is 9.94. The van der Waals surface area contributed by atoms with Gasteiger partial charge in [0.1, 0.15) is 4.88 Å². The quantitative estimate of drug-likeness (QED) is 0.823. The number of benzene rings is 1. The Labute approximate surface area is 144 Å². The molecule has 1 aromatic heterocycles. The Kier molecular flexibility index (Phi) is 5.48. The van der Waals surface area contributed by atoms with Gasteiger partial charge in [0.05, 0.1) is 0 Å². The Morgan fingerprint density at radius 2 is 2.04 bits per heavy atom. The number of aromatic carboxylic acids is 1. The Hall–Kier alpha value is -1.92. The highest BCUT2D eigenvalue weighted by molar-refractivity contribution is 7.20. The number of anilines is 1. The van der Waals surface area contributed by atoms with Gasteiger partial charge < -0.3 is 15.2 Å². The zero-order chi connectivity index (χ0) is 16.9. The first kappa shape index (κ1) is 16.9. The molecule has 0 saturated carbocycles. The van der Waals surface area contributed by atoms with E-state index in [0.29, 0.717) is 22.9 Å². The van der Waals surface area contributed by atoms with Gasteiger partial charge in [0.2, 0.25) is 5.91 Å². The highest BCUT2D eigenvalue weighted by Gasteiger charge is 2.14. The van der Waals surface area contributed by atoms with Crippen molar-refractivity contribution in [1.82, 2.24) is 0 Å². The molecule has 2 N–H and O–H groups in total. The molecule has 0 aliphatic carbocycles. The molecule has 3 rings (SSSR count). The number of carbonyl (C=O) groups is 2. The lowest BCUT2D eigenvalue weighted by Crippen LogP contribution is -2.16. The van der Waals surface area contributed by atoms with Crippen LogP contribution < -0.4 is 5.32 Å². The molecule has 1 amide bonds. The number of carbonyl (C=O) groups excluding carboxylic acids is 1. The van der Waals surface area contributed by atoms with Crippen LogP contribution in [0.4, 0.5) is 5.69 Å². The van der Waals surface area contributed by atoms with Crippen molar-refractivity contribution >= 4 is 39.0 Å². The van der Waals surface area contributed by atoms with E-state index >= 15 is 0 Å². The molecular formula is C18H21NO4S. The minimum Gasteiger partial charge on any atom is -0.477 e. The second-order valence-electron chi connectivity index (χ2n) is 6.16. The van der Waals surface area contributed by atoms with Gasteiger partial charge >= 0.3 is 5.97 Å². The predicted molar refractivity (Wildman–Crippen MR) is 94.8 cm³/mol. The number of fused-ring (bicyclic) bond motifs is 1. The van der Waals surface area contributed by atoms with Crippen molar-refractivity contribution in [3.8, 4) is 0 Å². The number of nitrogens with one attached hydrogen (secondary N) is 1. The molecule has 1 aliphatic heterocycles. The zero-order valence-electron chi connectivity index (χ0n) is 13.4. The van der Waals surface area contributed by atoms with Crippen molar-refractivity contribution in [1.29, 1.82) is 0 Å². The normalized spacial score (nSPS) is 15.5. The number of thiophene rings is 1. The fourth-order valence-electron chi connectivity index (χ4n) is 3.04. The minimum absolute atomic E-state index is 0.00935. The number of carboxylic acids is 1. The second-order valence-corrected chi connectivity index (χ2v) is 7.25. The lowest BCUT2D eigenvalue weighted by Gasteiger charge is -2.21. The molecule has 0 unspecified atom stereocenters. The fraction of sp³-hybridized carbons (Fsp3) is 0.444. The third kappa shape index (κ3) is 4.33. The Morgan fingerprint density at radius 3 is 2.79 bits per heavy atom. The van der Waals surface area contributed by atoms with Crippen molar-refractivity contribution in [3.05, 3.63) is 29.1 Å². The summed E-state index contributed by atoms with van der Waals surface area (Å²) in [7, 11) is 0. The lowest BCUT2D eigenvalue weighted by molar-refractivity contribution is -0.116. The maximum absolute atomic E-state index is 12.1. The number of hydrogen-bond donors (Lipinski definition) is 2. The van der Waals surface area contributed by atoms with Gasteiger partial charge in [-0.15, -0.1) is 11.3 Å². The molecule has 0 bridgehead atoms. The Morgan fingerprint density at radius 1 is 1.25 bits per heavy atom. The van der Waals surface area contributed by atoms with Crippen LogP contribution in [0.2, 0.25) is 0 Å². The molecule has 2 heterocycles. The average Bonchev–Trinajstić information content (AvgIpc) is 2.99. The van der Waals surface area contributed by atoms with Crippen LogP contribution >= 0.6 is 11.3 Å². The number of hydrogen-bond acceptors (Lipinski definition) is 4. The standard InChI is InChI=1S/C18H21NO4S/c20-17(3-1-2-12-6-8-23-9-7-12)19-14-4-5-15-13(10-14)11-16(24-15)18(21)22/h4-5,10-12H,1-3,6-9H2,(H,19,20)(H,21,22). The minimum atomic E-state index is -0.921. The van der Waals surface area contributed by atoms with Gasteiger partial charge in [0.15, 0.2) is 0 Å². The third-order valence-electron chi connectivity index (χ3n) is 4.37. The van der Waals surface area contributed by atoms with E-state index in [1.807, 2.05) is 18.2 Å². The van der Waals surface area contributed by atoms with Gasteiger partial charge in [-0.2, -0.15) is 0 Å². The number of carboxylic acid groups (broad SMARTS) is 1. The highest BCUT2D eigenvalue weighted by atomic mass is 32.1. The van der Waals surface area contributed by atoms with E-state index < -0.39 is 5.97 Å². The molecule has 0 spiro atoms. The molecule has 128 valence electrons. The first-order chi connectivity index (χ1) is 11.6. The van der Waals surface area contributed by atoms with Crippen molar-refractivity contribution < 1.29 is 19.4 Å². The first-order valence-corrected chi connectivity index (χ1v) is 9.08. The van der Waals surface area contributed by atoms with Gasteiger partial charge in [0.25, 0.3) is 0 Å². The fourth-order valence-corrected chi connectivity index (χ4v) is 3.92. The summed E-state index contributed by atoms with van der Waals surface area (Å²) in [6.45, 7) is 1.69. The van der Waals surface area contributed by atoms with E-state index in [1.54, 1.807) is 6.07 Å². The molecule has 2 aromatic rings. The van der Waals surface area contributed by atoms with Crippen LogP contribution in [-0.2, 0) is 9.53 Å². The van der Waals surface area contributed by atoms with Gasteiger partial charge in [-0.3, -0.25) is 4.79 Å². The van der Waals surface area contributed by atoms with E-state index in [4.69, 9.17) is 9.84 Å². The van der Waals surface area contributed by atoms with Crippen LogP contribution in [0.3, 0.4) is 0 Å². The first-order valence-electron chi connectivity index (χ1n) is 8.26. The summed E-state index contributed by atoms with van der Waals surface area (Å²) in [6.07, 6.45) is 4.67. The van der Waals surface area contributed by atoms with Gasteiger partial charge in [-0.05, 0) is 61.3 Å². The van der Waals surface area contributed by atoms with Crippen LogP contribution in [0.5, 0.6) is 0 Å². The maximum atomic E-state index is 12.1. The molecule has 24 heavy (non-hydrogen) atoms.